The van der Waals surface area contributed by atoms with Gasteiger partial charge in [0.1, 0.15) is 0 Å². The first-order valence-electron chi connectivity index (χ1n) is 13.2. The molecule has 2 fully saturated rings. The Kier molecular flexibility index (Phi) is 8.32. The highest BCUT2D eigenvalue weighted by molar-refractivity contribution is 9.11. The lowest BCUT2D eigenvalue weighted by atomic mass is 9.76. The van der Waals surface area contributed by atoms with Crippen LogP contribution in [0.4, 0.5) is 0 Å². The second-order valence-electron chi connectivity index (χ2n) is 10.7. The van der Waals surface area contributed by atoms with Crippen molar-refractivity contribution in [3.8, 4) is 0 Å². The highest BCUT2D eigenvalue weighted by Crippen LogP contribution is 2.45. The number of carbonyl (C=O) groups excluding carboxylic acids is 2. The molecule has 1 aromatic heterocycles. The van der Waals surface area contributed by atoms with Gasteiger partial charge in [-0.2, -0.15) is 0 Å². The van der Waals surface area contributed by atoms with Crippen LogP contribution in [0.25, 0.3) is 0 Å². The number of hydrogen-bond acceptors (Lipinski definition) is 3. The highest BCUT2D eigenvalue weighted by Gasteiger charge is 2.41. The average molecular weight is 699 g/mol. The predicted molar refractivity (Wildman–Crippen MR) is 152 cm³/mol. The summed E-state index contributed by atoms with van der Waals surface area (Å²) in [6.07, 6.45) is 7.71. The number of amides is 2. The molecule has 1 N–H and O–H groups in total. The molecule has 2 saturated heterocycles. The number of aryl methyl sites for hydroxylation is 2. The second-order valence-corrected chi connectivity index (χ2v) is 13.4. The molecule has 2 aliphatic heterocycles. The van der Waals surface area contributed by atoms with E-state index in [0.717, 1.165) is 89.4 Å². The minimum atomic E-state index is 0.0428. The molecule has 37 heavy (non-hydrogen) atoms. The van der Waals surface area contributed by atoms with Gasteiger partial charge in [0.05, 0.1) is 10.4 Å². The number of aromatic nitrogens is 1. The molecule has 3 heterocycles. The molecule has 5 rings (SSSR count). The summed E-state index contributed by atoms with van der Waals surface area (Å²) in [6, 6.07) is 6.46. The summed E-state index contributed by atoms with van der Waals surface area (Å²) in [5, 5.41) is 11.1. The number of piperidine rings is 2. The Hall–Kier alpha value is -1.45. The van der Waals surface area contributed by atoms with E-state index in [0.29, 0.717) is 18.3 Å². The van der Waals surface area contributed by atoms with Crippen molar-refractivity contribution >= 4 is 59.6 Å². The lowest BCUT2D eigenvalue weighted by Crippen LogP contribution is -2.44. The van der Waals surface area contributed by atoms with Gasteiger partial charge < -0.3 is 9.80 Å². The van der Waals surface area contributed by atoms with Gasteiger partial charge in [0.25, 0.3) is 0 Å². The van der Waals surface area contributed by atoms with E-state index in [-0.39, 0.29) is 17.7 Å². The van der Waals surface area contributed by atoms with Gasteiger partial charge in [-0.25, -0.2) is 0 Å². The van der Waals surface area contributed by atoms with Crippen LogP contribution in [0.5, 0.6) is 0 Å². The van der Waals surface area contributed by atoms with Gasteiger partial charge >= 0.3 is 0 Å². The van der Waals surface area contributed by atoms with Crippen molar-refractivity contribution < 1.29 is 19.5 Å². The molecule has 1 aliphatic carbocycles. The Morgan fingerprint density at radius 3 is 2.22 bits per heavy atom. The summed E-state index contributed by atoms with van der Waals surface area (Å²) in [6.45, 7) is 4.63. The van der Waals surface area contributed by atoms with Crippen molar-refractivity contribution in [1.82, 2.24) is 9.80 Å². The summed E-state index contributed by atoms with van der Waals surface area (Å²) in [4.78, 5) is 28.7. The number of pyridine rings is 1. The summed E-state index contributed by atoms with van der Waals surface area (Å²) < 4.78 is 4.30. The fraction of sp³-hybridized carbons (Fsp3) is 0.536. The molecule has 9 heteroatoms. The molecule has 0 spiro atoms. The van der Waals surface area contributed by atoms with Crippen molar-refractivity contribution in [3.05, 3.63) is 60.2 Å². The summed E-state index contributed by atoms with van der Waals surface area (Å²) in [5.74, 6) is 1.09. The van der Waals surface area contributed by atoms with Gasteiger partial charge in [-0.15, -0.1) is 0 Å². The summed E-state index contributed by atoms with van der Waals surface area (Å²) in [7, 11) is 0. The van der Waals surface area contributed by atoms with Crippen LogP contribution in [0.15, 0.2) is 37.8 Å². The molecule has 198 valence electrons. The zero-order valence-electron chi connectivity index (χ0n) is 21.1. The number of hydrogen-bond donors (Lipinski definition) is 1. The lowest BCUT2D eigenvalue weighted by Gasteiger charge is -2.37. The molecule has 2 amide bonds. The maximum atomic E-state index is 13.2. The van der Waals surface area contributed by atoms with Crippen molar-refractivity contribution in [2.24, 2.45) is 11.8 Å². The van der Waals surface area contributed by atoms with Crippen molar-refractivity contribution in [2.75, 3.05) is 26.2 Å². The van der Waals surface area contributed by atoms with E-state index in [2.05, 4.69) is 66.0 Å². The maximum absolute atomic E-state index is 13.2. The molecule has 1 unspecified atom stereocenters. The standard InChI is InChI=1S/C28H33Br3N3O3/c1-17(35)32-8-4-18(5-9-32)12-25(36)33-10-6-19(7-11-33)27-26-20(13-22(29)15-24(26)31)2-3-21-14-23(30)16-34(37)28(21)27/h13-16,18-19,27,37H,2-12H2,1H3/q+1. The van der Waals surface area contributed by atoms with Crippen LogP contribution >= 0.6 is 47.8 Å². The van der Waals surface area contributed by atoms with E-state index in [9.17, 15) is 14.8 Å². The molecule has 2 aromatic rings. The van der Waals surface area contributed by atoms with Gasteiger partial charge in [0.15, 0.2) is 0 Å². The van der Waals surface area contributed by atoms with E-state index in [4.69, 9.17) is 0 Å². The topological polar surface area (TPSA) is 64.7 Å². The number of nitrogens with zero attached hydrogens (tertiary/aromatic N) is 3. The smallest absolute Gasteiger partial charge is 0.245 e. The highest BCUT2D eigenvalue weighted by atomic mass is 79.9. The number of rotatable bonds is 3. The first-order chi connectivity index (χ1) is 17.7. The zero-order valence-corrected chi connectivity index (χ0v) is 25.8. The van der Waals surface area contributed by atoms with Crippen LogP contribution in [-0.2, 0) is 22.4 Å². The van der Waals surface area contributed by atoms with E-state index in [1.54, 1.807) is 13.1 Å². The van der Waals surface area contributed by atoms with E-state index in [1.165, 1.54) is 15.9 Å². The first-order valence-corrected chi connectivity index (χ1v) is 15.5. The molecule has 1 aromatic carbocycles. The Labute approximate surface area is 243 Å². The van der Waals surface area contributed by atoms with Crippen LogP contribution < -0.4 is 4.73 Å². The van der Waals surface area contributed by atoms with Crippen molar-refractivity contribution in [3.63, 3.8) is 0 Å². The number of halogens is 3. The SMILES string of the molecule is CC(=O)N1CCC(CC(=O)N2CCC(C3c4c(Br)cc(Br)cc4CCc4cc(Br)c[n+](O)c43)CC2)CC1. The maximum Gasteiger partial charge on any atom is 0.245 e. The van der Waals surface area contributed by atoms with Crippen LogP contribution in [-0.4, -0.2) is 53.0 Å². The summed E-state index contributed by atoms with van der Waals surface area (Å²) >= 11 is 11.1. The molecular weight excluding hydrogens is 666 g/mol. The molecule has 3 aliphatic rings. The minimum absolute atomic E-state index is 0.0428. The lowest BCUT2D eigenvalue weighted by molar-refractivity contribution is -0.911. The largest absolute Gasteiger partial charge is 0.343 e. The molecule has 0 bridgehead atoms. The quantitative estimate of drug-likeness (QED) is 0.335. The third kappa shape index (κ3) is 5.78. The van der Waals surface area contributed by atoms with E-state index in [1.807, 2.05) is 9.80 Å². The second kappa shape index (κ2) is 11.3. The fourth-order valence-corrected chi connectivity index (χ4v) is 8.55. The number of likely N-dealkylation sites (tertiary alicyclic amines) is 2. The van der Waals surface area contributed by atoms with Gasteiger partial charge in [0.2, 0.25) is 23.7 Å². The van der Waals surface area contributed by atoms with Crippen LogP contribution in [0.2, 0.25) is 0 Å². The monoisotopic (exact) mass is 696 g/mol. The van der Waals surface area contributed by atoms with Gasteiger partial charge in [-0.3, -0.25) is 14.8 Å². The molecular formula is C28H33Br3N3O3+. The third-order valence-electron chi connectivity index (χ3n) is 8.47. The Morgan fingerprint density at radius 2 is 1.54 bits per heavy atom. The van der Waals surface area contributed by atoms with Crippen molar-refractivity contribution in [2.45, 2.75) is 57.8 Å². The number of fused-ring (bicyclic) bond motifs is 2. The fourth-order valence-electron chi connectivity index (χ4n) is 6.52. The molecule has 0 saturated carbocycles. The van der Waals surface area contributed by atoms with Crippen LogP contribution in [0, 0.1) is 11.8 Å². The van der Waals surface area contributed by atoms with E-state index >= 15 is 0 Å². The number of carbonyl (C=O) groups is 2. The molecule has 0 radical (unpaired) electrons. The Balaban J connectivity index is 1.34. The van der Waals surface area contributed by atoms with Crippen LogP contribution in [0.1, 0.15) is 67.3 Å². The van der Waals surface area contributed by atoms with Gasteiger partial charge in [-0.1, -0.05) is 31.9 Å². The minimum Gasteiger partial charge on any atom is -0.343 e. The Morgan fingerprint density at radius 1 is 0.919 bits per heavy atom. The van der Waals surface area contributed by atoms with Crippen LogP contribution in [0.3, 0.4) is 0 Å². The molecule has 6 nitrogen and oxygen atoms in total. The Bertz CT molecular complexity index is 1150. The normalized spacial score (nSPS) is 20.8. The van der Waals surface area contributed by atoms with Crippen molar-refractivity contribution in [1.29, 1.82) is 0 Å². The van der Waals surface area contributed by atoms with Gasteiger partial charge in [-0.05, 0) is 95.6 Å². The number of benzene rings is 1. The van der Waals surface area contributed by atoms with E-state index < -0.39 is 0 Å². The average Bonchev–Trinajstić information content (AvgIpc) is 3.02. The summed E-state index contributed by atoms with van der Waals surface area (Å²) in [5.41, 5.74) is 4.69. The predicted octanol–water partition coefficient (Wildman–Crippen LogP) is 5.62. The first kappa shape index (κ1) is 27.1. The zero-order chi connectivity index (χ0) is 26.3. The third-order valence-corrected chi connectivity index (χ3v) is 10.0. The molecule has 1 atom stereocenters. The van der Waals surface area contributed by atoms with Gasteiger partial charge in [0, 0.05) is 58.8 Å².